The van der Waals surface area contributed by atoms with Gasteiger partial charge in [-0.1, -0.05) is 42.5 Å². The Morgan fingerprint density at radius 2 is 1.54 bits per heavy atom. The van der Waals surface area contributed by atoms with Gasteiger partial charge in [0, 0.05) is 0 Å². The van der Waals surface area contributed by atoms with Crippen LogP contribution in [0.15, 0.2) is 36.4 Å². The molecule has 71 valence electrons. The van der Waals surface area contributed by atoms with Crippen molar-refractivity contribution in [2.75, 3.05) is 21.1 Å². The Balaban J connectivity index is 0.000000310. The molecule has 1 radical (unpaired) electrons. The van der Waals surface area contributed by atoms with E-state index in [1.807, 2.05) is 62.5 Å². The van der Waals surface area contributed by atoms with Crippen LogP contribution in [0.25, 0.3) is 6.08 Å². The fourth-order valence-corrected chi connectivity index (χ4v) is 0.700. The van der Waals surface area contributed by atoms with Crippen LogP contribution in [0.1, 0.15) is 5.56 Å². The largest absolute Gasteiger partial charge is 0.312 e. The molecule has 0 saturated carbocycles. The molecule has 1 nitrogen and oxygen atoms in total. The van der Waals surface area contributed by atoms with Crippen LogP contribution in [0.5, 0.6) is 0 Å². The van der Waals surface area contributed by atoms with Gasteiger partial charge in [-0.3, -0.25) is 0 Å². The number of hydrogen-bond donors (Lipinski definition) is 0. The Bertz CT molecular complexity index is 221. The van der Waals surface area contributed by atoms with Crippen LogP contribution in [0.2, 0.25) is 0 Å². The van der Waals surface area contributed by atoms with Crippen LogP contribution >= 0.6 is 0 Å². The highest BCUT2D eigenvalue weighted by atomic mass is 15.0. The van der Waals surface area contributed by atoms with E-state index in [1.165, 1.54) is 5.56 Å². The lowest BCUT2D eigenvalue weighted by Gasteiger charge is -1.90. The zero-order chi connectivity index (χ0) is 10.1. The Morgan fingerprint density at radius 1 is 1.08 bits per heavy atom. The van der Waals surface area contributed by atoms with Crippen LogP contribution in [0.3, 0.4) is 0 Å². The average Bonchev–Trinajstić information content (AvgIpc) is 2.06. The SMILES string of the molecule is CN(C)C.[CH2]/C=C/c1ccccc1. The van der Waals surface area contributed by atoms with Crippen LogP contribution in [-0.4, -0.2) is 26.0 Å². The number of allylic oxidation sites excluding steroid dienone is 1. The van der Waals surface area contributed by atoms with E-state index in [1.54, 1.807) is 6.08 Å². The van der Waals surface area contributed by atoms with Crippen LogP contribution in [-0.2, 0) is 0 Å². The third kappa shape index (κ3) is 8.83. The molecule has 0 spiro atoms. The second kappa shape index (κ2) is 7.56. The Kier molecular flexibility index (Phi) is 6.93. The third-order valence-electron chi connectivity index (χ3n) is 1.11. The van der Waals surface area contributed by atoms with E-state index in [-0.39, 0.29) is 0 Å². The molecule has 1 rings (SSSR count). The Labute approximate surface area is 81.7 Å². The molecule has 1 heteroatoms. The molecule has 0 bridgehead atoms. The maximum absolute atomic E-state index is 3.60. The van der Waals surface area contributed by atoms with Crippen molar-refractivity contribution in [3.8, 4) is 0 Å². The number of nitrogens with zero attached hydrogens (tertiary/aromatic N) is 1. The van der Waals surface area contributed by atoms with Gasteiger partial charge < -0.3 is 4.90 Å². The maximum Gasteiger partial charge on any atom is -0.0140 e. The fourth-order valence-electron chi connectivity index (χ4n) is 0.700. The number of hydrogen-bond acceptors (Lipinski definition) is 1. The fraction of sp³-hybridized carbons (Fsp3) is 0.250. The first kappa shape index (κ1) is 11.9. The predicted octanol–water partition coefficient (Wildman–Crippen LogP) is 2.71. The van der Waals surface area contributed by atoms with Crippen molar-refractivity contribution in [1.82, 2.24) is 4.90 Å². The molecule has 1 aromatic carbocycles. The highest BCUT2D eigenvalue weighted by molar-refractivity contribution is 5.48. The first-order valence-electron chi connectivity index (χ1n) is 4.28. The Morgan fingerprint density at radius 3 is 1.92 bits per heavy atom. The average molecular weight is 176 g/mol. The Hall–Kier alpha value is -1.08. The summed E-state index contributed by atoms with van der Waals surface area (Å²) in [5, 5.41) is 0. The molecule has 0 aliphatic rings. The van der Waals surface area contributed by atoms with Gasteiger partial charge in [0.2, 0.25) is 0 Å². The molecule has 0 unspecified atom stereocenters. The van der Waals surface area contributed by atoms with E-state index in [0.29, 0.717) is 0 Å². The molecule has 0 atom stereocenters. The van der Waals surface area contributed by atoms with E-state index >= 15 is 0 Å². The van der Waals surface area contributed by atoms with Crippen molar-refractivity contribution in [3.63, 3.8) is 0 Å². The lowest BCUT2D eigenvalue weighted by Crippen LogP contribution is -1.99. The van der Waals surface area contributed by atoms with Crippen molar-refractivity contribution in [2.24, 2.45) is 0 Å². The standard InChI is InChI=1S/C9H9.C3H9N/c1-2-6-9-7-4-3-5-8-9;1-4(2)3/h2-8H,1H2;1-3H3/b6-2+;. The minimum Gasteiger partial charge on any atom is -0.312 e. The molecule has 0 fully saturated rings. The monoisotopic (exact) mass is 176 g/mol. The molecule has 0 amide bonds. The van der Waals surface area contributed by atoms with Gasteiger partial charge in [0.25, 0.3) is 0 Å². The van der Waals surface area contributed by atoms with Crippen LogP contribution in [0, 0.1) is 6.92 Å². The number of rotatable bonds is 1. The quantitative estimate of drug-likeness (QED) is 0.636. The van der Waals surface area contributed by atoms with Gasteiger partial charge >= 0.3 is 0 Å². The summed E-state index contributed by atoms with van der Waals surface area (Å²) in [6.07, 6.45) is 3.76. The van der Waals surface area contributed by atoms with Gasteiger partial charge in [0.1, 0.15) is 0 Å². The molecule has 0 N–H and O–H groups in total. The summed E-state index contributed by atoms with van der Waals surface area (Å²) in [5.41, 5.74) is 1.20. The summed E-state index contributed by atoms with van der Waals surface area (Å²) >= 11 is 0. The topological polar surface area (TPSA) is 3.24 Å². The van der Waals surface area contributed by atoms with Gasteiger partial charge in [0.05, 0.1) is 0 Å². The van der Waals surface area contributed by atoms with Crippen molar-refractivity contribution in [1.29, 1.82) is 0 Å². The normalized spacial score (nSPS) is 9.92. The summed E-state index contributed by atoms with van der Waals surface area (Å²) in [5.74, 6) is 0. The molecule has 1 aromatic rings. The van der Waals surface area contributed by atoms with Gasteiger partial charge in [-0.2, -0.15) is 0 Å². The second-order valence-corrected chi connectivity index (χ2v) is 3.15. The molecule has 0 aromatic heterocycles. The molecule has 0 aliphatic carbocycles. The molecule has 0 aliphatic heterocycles. The van der Waals surface area contributed by atoms with Gasteiger partial charge in [-0.05, 0) is 33.6 Å². The lowest BCUT2D eigenvalue weighted by atomic mass is 10.2. The van der Waals surface area contributed by atoms with E-state index < -0.39 is 0 Å². The van der Waals surface area contributed by atoms with E-state index in [2.05, 4.69) is 6.92 Å². The summed E-state index contributed by atoms with van der Waals surface area (Å²) < 4.78 is 0. The minimum absolute atomic E-state index is 1.20. The zero-order valence-corrected chi connectivity index (χ0v) is 8.70. The van der Waals surface area contributed by atoms with Crippen LogP contribution in [0.4, 0.5) is 0 Å². The molecule has 0 heterocycles. The lowest BCUT2D eigenvalue weighted by molar-refractivity contribution is 0.505. The third-order valence-corrected chi connectivity index (χ3v) is 1.11. The first-order chi connectivity index (χ1) is 6.16. The summed E-state index contributed by atoms with van der Waals surface area (Å²) in [7, 11) is 6.00. The van der Waals surface area contributed by atoms with Gasteiger partial charge in [-0.25, -0.2) is 0 Å². The van der Waals surface area contributed by atoms with Crippen molar-refractivity contribution in [2.45, 2.75) is 0 Å². The minimum atomic E-state index is 1.20. The predicted molar refractivity (Wildman–Crippen MR) is 60.4 cm³/mol. The van der Waals surface area contributed by atoms with E-state index in [4.69, 9.17) is 0 Å². The maximum atomic E-state index is 3.60. The molecule has 13 heavy (non-hydrogen) atoms. The zero-order valence-electron chi connectivity index (χ0n) is 8.70. The first-order valence-corrected chi connectivity index (χ1v) is 4.28. The summed E-state index contributed by atoms with van der Waals surface area (Å²) in [6, 6.07) is 10.1. The highest BCUT2D eigenvalue weighted by Gasteiger charge is 1.77. The van der Waals surface area contributed by atoms with E-state index in [0.717, 1.165) is 0 Å². The summed E-state index contributed by atoms with van der Waals surface area (Å²) in [6.45, 7) is 3.60. The van der Waals surface area contributed by atoms with E-state index in [9.17, 15) is 0 Å². The highest BCUT2D eigenvalue weighted by Crippen LogP contribution is 1.99. The van der Waals surface area contributed by atoms with Crippen molar-refractivity contribution < 1.29 is 0 Å². The second-order valence-electron chi connectivity index (χ2n) is 3.15. The van der Waals surface area contributed by atoms with Crippen LogP contribution < -0.4 is 0 Å². The molecular formula is C12H18N. The molecular weight excluding hydrogens is 158 g/mol. The van der Waals surface area contributed by atoms with Crippen molar-refractivity contribution in [3.05, 3.63) is 48.9 Å². The molecule has 0 saturated heterocycles. The smallest absolute Gasteiger partial charge is 0.0140 e. The summed E-state index contributed by atoms with van der Waals surface area (Å²) in [4.78, 5) is 2.00. The van der Waals surface area contributed by atoms with Gasteiger partial charge in [0.15, 0.2) is 0 Å². The number of benzene rings is 1. The van der Waals surface area contributed by atoms with Crippen molar-refractivity contribution >= 4 is 6.08 Å². The van der Waals surface area contributed by atoms with Gasteiger partial charge in [-0.15, -0.1) is 0 Å².